The zero-order valence-electron chi connectivity index (χ0n) is 17.1. The lowest BCUT2D eigenvalue weighted by molar-refractivity contribution is 0.102. The third-order valence-corrected chi connectivity index (χ3v) is 5.11. The molecule has 0 saturated carbocycles. The molecule has 2 aromatic carbocycles. The van der Waals surface area contributed by atoms with E-state index in [1.165, 1.54) is 0 Å². The molecule has 0 aliphatic carbocycles. The van der Waals surface area contributed by atoms with Crippen molar-refractivity contribution in [3.8, 4) is 33.8 Å². The van der Waals surface area contributed by atoms with Crippen molar-refractivity contribution in [2.24, 2.45) is 0 Å². The summed E-state index contributed by atoms with van der Waals surface area (Å²) in [6.45, 7) is 0. The van der Waals surface area contributed by atoms with Crippen molar-refractivity contribution >= 4 is 11.6 Å². The average molecular weight is 417 g/mol. The highest BCUT2D eigenvalue weighted by molar-refractivity contribution is 6.04. The normalized spacial score (nSPS) is 10.6. The molecule has 0 aliphatic heterocycles. The Labute approximate surface area is 185 Å². The molecule has 0 atom stereocenters. The number of H-pyrrole nitrogens is 1. The summed E-state index contributed by atoms with van der Waals surface area (Å²) in [7, 11) is 0. The van der Waals surface area contributed by atoms with Crippen molar-refractivity contribution in [1.29, 1.82) is 0 Å². The Kier molecular flexibility index (Phi) is 5.24. The molecule has 0 radical (unpaired) electrons. The molecule has 0 unspecified atom stereocenters. The molecule has 154 valence electrons. The number of para-hydroxylation sites is 1. The maximum Gasteiger partial charge on any atom is 0.255 e. The number of nitrogens with zero attached hydrogens (tertiary/aromatic N) is 3. The highest BCUT2D eigenvalue weighted by atomic mass is 16.1. The van der Waals surface area contributed by atoms with E-state index in [9.17, 15) is 4.79 Å². The second-order valence-electron chi connectivity index (χ2n) is 7.20. The molecule has 3 heterocycles. The van der Waals surface area contributed by atoms with Gasteiger partial charge in [-0.1, -0.05) is 36.4 Å². The second-order valence-corrected chi connectivity index (χ2v) is 7.20. The van der Waals surface area contributed by atoms with Gasteiger partial charge in [-0.2, -0.15) is 5.10 Å². The maximum absolute atomic E-state index is 12.5. The summed E-state index contributed by atoms with van der Waals surface area (Å²) in [5.41, 5.74) is 6.70. The van der Waals surface area contributed by atoms with Gasteiger partial charge in [-0.05, 0) is 54.1 Å². The Bertz CT molecular complexity index is 1350. The number of aromatic nitrogens is 4. The van der Waals surface area contributed by atoms with Crippen molar-refractivity contribution in [2.75, 3.05) is 5.32 Å². The van der Waals surface area contributed by atoms with Crippen LogP contribution in [0.2, 0.25) is 0 Å². The Morgan fingerprint density at radius 3 is 2.31 bits per heavy atom. The van der Waals surface area contributed by atoms with Gasteiger partial charge in [-0.25, -0.2) is 0 Å². The largest absolute Gasteiger partial charge is 0.322 e. The monoisotopic (exact) mass is 417 g/mol. The number of anilines is 1. The Morgan fingerprint density at radius 1 is 0.750 bits per heavy atom. The number of rotatable bonds is 5. The van der Waals surface area contributed by atoms with Gasteiger partial charge < -0.3 is 5.32 Å². The number of nitrogens with one attached hydrogen (secondary N) is 2. The molecular formula is C26H19N5O. The summed E-state index contributed by atoms with van der Waals surface area (Å²) < 4.78 is 0. The molecule has 0 aliphatic rings. The van der Waals surface area contributed by atoms with Gasteiger partial charge in [-0.3, -0.25) is 19.9 Å². The number of hydrogen-bond donors (Lipinski definition) is 2. The third kappa shape index (κ3) is 4.02. The fraction of sp³-hybridized carbons (Fsp3) is 0. The zero-order chi connectivity index (χ0) is 21.8. The van der Waals surface area contributed by atoms with Crippen LogP contribution >= 0.6 is 0 Å². The first-order valence-corrected chi connectivity index (χ1v) is 10.2. The lowest BCUT2D eigenvalue weighted by atomic mass is 10.0. The maximum atomic E-state index is 12.5. The number of amides is 1. The molecule has 0 spiro atoms. The van der Waals surface area contributed by atoms with Gasteiger partial charge >= 0.3 is 0 Å². The zero-order valence-corrected chi connectivity index (χ0v) is 17.1. The minimum Gasteiger partial charge on any atom is -0.322 e. The minimum atomic E-state index is -0.150. The van der Waals surface area contributed by atoms with Crippen LogP contribution in [0, 0.1) is 0 Å². The first-order chi connectivity index (χ1) is 15.8. The van der Waals surface area contributed by atoms with Crippen LogP contribution in [0.1, 0.15) is 10.4 Å². The van der Waals surface area contributed by atoms with E-state index in [0.717, 1.165) is 39.5 Å². The molecule has 6 nitrogen and oxygen atoms in total. The first-order valence-electron chi connectivity index (χ1n) is 10.2. The second kappa shape index (κ2) is 8.65. The molecule has 0 saturated heterocycles. The Hall–Kier alpha value is -4.58. The van der Waals surface area contributed by atoms with Crippen LogP contribution in [-0.4, -0.2) is 26.1 Å². The molecular weight excluding hydrogens is 398 g/mol. The molecule has 6 heteroatoms. The highest BCUT2D eigenvalue weighted by Gasteiger charge is 2.12. The van der Waals surface area contributed by atoms with Crippen molar-refractivity contribution in [3.05, 3.63) is 109 Å². The minimum absolute atomic E-state index is 0.150. The van der Waals surface area contributed by atoms with Crippen LogP contribution in [0.3, 0.4) is 0 Å². The molecule has 0 fully saturated rings. The van der Waals surface area contributed by atoms with Crippen LogP contribution in [0.15, 0.2) is 104 Å². The first kappa shape index (κ1) is 19.4. The molecule has 0 bridgehead atoms. The smallest absolute Gasteiger partial charge is 0.255 e. The van der Waals surface area contributed by atoms with Gasteiger partial charge in [0.2, 0.25) is 0 Å². The molecule has 5 rings (SSSR count). The van der Waals surface area contributed by atoms with E-state index < -0.39 is 0 Å². The Morgan fingerprint density at radius 2 is 1.53 bits per heavy atom. The molecule has 3 aromatic heterocycles. The van der Waals surface area contributed by atoms with Gasteiger partial charge in [0.25, 0.3) is 5.91 Å². The predicted octanol–water partition coefficient (Wildman–Crippen LogP) is 5.45. The van der Waals surface area contributed by atoms with Gasteiger partial charge in [0, 0.05) is 34.8 Å². The van der Waals surface area contributed by atoms with Gasteiger partial charge in [0.1, 0.15) is 0 Å². The predicted molar refractivity (Wildman–Crippen MR) is 125 cm³/mol. The summed E-state index contributed by atoms with van der Waals surface area (Å²) in [5, 5.41) is 10.2. The van der Waals surface area contributed by atoms with E-state index in [-0.39, 0.29) is 5.91 Å². The van der Waals surface area contributed by atoms with Gasteiger partial charge in [0.15, 0.2) is 0 Å². The van der Waals surface area contributed by atoms with E-state index in [0.29, 0.717) is 5.56 Å². The van der Waals surface area contributed by atoms with Crippen molar-refractivity contribution in [2.45, 2.75) is 0 Å². The summed E-state index contributed by atoms with van der Waals surface area (Å²) in [5.74, 6) is -0.150. The van der Waals surface area contributed by atoms with E-state index >= 15 is 0 Å². The topological polar surface area (TPSA) is 83.6 Å². The van der Waals surface area contributed by atoms with E-state index in [1.54, 1.807) is 30.7 Å². The third-order valence-electron chi connectivity index (χ3n) is 5.11. The van der Waals surface area contributed by atoms with Crippen LogP contribution in [0.25, 0.3) is 33.8 Å². The summed E-state index contributed by atoms with van der Waals surface area (Å²) in [6.07, 6.45) is 5.32. The van der Waals surface area contributed by atoms with E-state index in [4.69, 9.17) is 0 Å². The molecule has 5 aromatic rings. The van der Waals surface area contributed by atoms with Crippen LogP contribution in [0.4, 0.5) is 5.69 Å². The van der Waals surface area contributed by atoms with E-state index in [2.05, 4.69) is 25.5 Å². The number of aromatic amines is 1. The number of hydrogen-bond acceptors (Lipinski definition) is 4. The number of pyridine rings is 2. The summed E-state index contributed by atoms with van der Waals surface area (Å²) in [6, 6.07) is 26.5. The summed E-state index contributed by atoms with van der Waals surface area (Å²) in [4.78, 5) is 21.4. The molecule has 1 amide bonds. The number of benzene rings is 2. The lowest BCUT2D eigenvalue weighted by Crippen LogP contribution is -2.11. The lowest BCUT2D eigenvalue weighted by Gasteiger charge is -2.08. The fourth-order valence-electron chi connectivity index (χ4n) is 3.48. The van der Waals surface area contributed by atoms with E-state index in [1.807, 2.05) is 72.8 Å². The number of carbonyl (C=O) groups excluding carboxylic acids is 1. The molecule has 2 N–H and O–H groups in total. The van der Waals surface area contributed by atoms with Crippen molar-refractivity contribution < 1.29 is 4.79 Å². The Balaban J connectivity index is 1.40. The summed E-state index contributed by atoms with van der Waals surface area (Å²) >= 11 is 0. The number of carbonyl (C=O) groups is 1. The van der Waals surface area contributed by atoms with Crippen molar-refractivity contribution in [3.63, 3.8) is 0 Å². The van der Waals surface area contributed by atoms with Gasteiger partial charge in [0.05, 0.1) is 23.3 Å². The van der Waals surface area contributed by atoms with Crippen LogP contribution in [-0.2, 0) is 0 Å². The van der Waals surface area contributed by atoms with Crippen LogP contribution < -0.4 is 5.32 Å². The van der Waals surface area contributed by atoms with Gasteiger partial charge in [-0.15, -0.1) is 0 Å². The SMILES string of the molecule is O=C(Nc1ccccc1)c1ccc(-c2cc(-c3cn[nH]c3-c3ccccn3)ccn2)cc1. The average Bonchev–Trinajstić information content (AvgIpc) is 3.36. The molecule has 32 heavy (non-hydrogen) atoms. The van der Waals surface area contributed by atoms with Crippen LogP contribution in [0.5, 0.6) is 0 Å². The quantitative estimate of drug-likeness (QED) is 0.398. The standard InChI is InChI=1S/C26H19N5O/c32-26(30-21-6-2-1-3-7-21)19-11-9-18(10-12-19)24-16-20(13-15-28-24)22-17-29-31-25(22)23-8-4-5-14-27-23/h1-17H,(H,29,31)(H,30,32). The highest BCUT2D eigenvalue weighted by Crippen LogP contribution is 2.31. The van der Waals surface area contributed by atoms with Crippen molar-refractivity contribution in [1.82, 2.24) is 20.2 Å². The fourth-order valence-corrected chi connectivity index (χ4v) is 3.48.